The van der Waals surface area contributed by atoms with Crippen LogP contribution in [-0.4, -0.2) is 34.7 Å². The zero-order valence-electron chi connectivity index (χ0n) is 18.5. The fraction of sp³-hybridized carbons (Fsp3) is 0.400. The van der Waals surface area contributed by atoms with Crippen molar-refractivity contribution in [2.45, 2.75) is 38.2 Å². The Morgan fingerprint density at radius 1 is 1.16 bits per heavy atom. The van der Waals surface area contributed by atoms with Gasteiger partial charge in [-0.3, -0.25) is 9.59 Å². The average Bonchev–Trinajstić information content (AvgIpc) is 3.63. The Morgan fingerprint density at radius 2 is 1.97 bits per heavy atom. The highest BCUT2D eigenvalue weighted by Crippen LogP contribution is 2.41. The zero-order chi connectivity index (χ0) is 22.4. The van der Waals surface area contributed by atoms with E-state index in [9.17, 15) is 9.59 Å². The third kappa shape index (κ3) is 3.83. The molecule has 1 saturated heterocycles. The molecule has 166 valence electrons. The average molecular weight is 433 g/mol. The molecule has 0 bridgehead atoms. The highest BCUT2D eigenvalue weighted by molar-refractivity contribution is 5.96. The van der Waals surface area contributed by atoms with Gasteiger partial charge in [-0.1, -0.05) is 19.1 Å². The van der Waals surface area contributed by atoms with Gasteiger partial charge in [0.05, 0.1) is 11.2 Å². The lowest BCUT2D eigenvalue weighted by Gasteiger charge is -2.38. The minimum Gasteiger partial charge on any atom is -0.490 e. The van der Waals surface area contributed by atoms with Gasteiger partial charge in [0.15, 0.2) is 0 Å². The summed E-state index contributed by atoms with van der Waals surface area (Å²) in [6.07, 6.45) is 3.48. The molecule has 1 aliphatic carbocycles. The largest absolute Gasteiger partial charge is 0.490 e. The van der Waals surface area contributed by atoms with Crippen molar-refractivity contribution in [2.75, 3.05) is 18.0 Å². The standard InChI is InChI=1S/C25H28N4O3/c1-15-14-29(11-10-22(15)32-18-5-3-4-17(12-18)16-6-7-16)21-13-23(30)28(2)20-9-8-19(25(26)31)27-24(20)21/h3-5,8-9,12-13,15-16,22H,6-7,10-11,14H2,1-2H3,(H2,26,31). The van der Waals surface area contributed by atoms with Crippen molar-refractivity contribution < 1.29 is 9.53 Å². The molecule has 7 nitrogen and oxygen atoms in total. The van der Waals surface area contributed by atoms with Crippen LogP contribution in [0.3, 0.4) is 0 Å². The number of aryl methyl sites for hydroxylation is 1. The normalized spacial score (nSPS) is 21.0. The van der Waals surface area contributed by atoms with Crippen LogP contribution in [0, 0.1) is 5.92 Å². The Bertz CT molecular complexity index is 1250. The summed E-state index contributed by atoms with van der Waals surface area (Å²) >= 11 is 0. The van der Waals surface area contributed by atoms with Crippen LogP contribution < -0.4 is 20.9 Å². The van der Waals surface area contributed by atoms with E-state index in [4.69, 9.17) is 10.5 Å². The number of carbonyl (C=O) groups is 1. The Hall–Kier alpha value is -3.35. The topological polar surface area (TPSA) is 90.5 Å². The monoisotopic (exact) mass is 432 g/mol. The lowest BCUT2D eigenvalue weighted by molar-refractivity contribution is 0.0996. The van der Waals surface area contributed by atoms with Crippen LogP contribution in [0.25, 0.3) is 11.0 Å². The lowest BCUT2D eigenvalue weighted by atomic mass is 9.95. The van der Waals surface area contributed by atoms with Crippen molar-refractivity contribution in [3.8, 4) is 5.75 Å². The number of primary amides is 1. The van der Waals surface area contributed by atoms with Crippen molar-refractivity contribution in [1.82, 2.24) is 9.55 Å². The summed E-state index contributed by atoms with van der Waals surface area (Å²) in [6, 6.07) is 13.4. The maximum Gasteiger partial charge on any atom is 0.267 e. The minimum absolute atomic E-state index is 0.104. The van der Waals surface area contributed by atoms with Crippen molar-refractivity contribution in [3.63, 3.8) is 0 Å². The first-order valence-corrected chi connectivity index (χ1v) is 11.2. The summed E-state index contributed by atoms with van der Waals surface area (Å²) in [7, 11) is 1.71. The van der Waals surface area contributed by atoms with E-state index < -0.39 is 5.91 Å². The van der Waals surface area contributed by atoms with Gasteiger partial charge >= 0.3 is 0 Å². The van der Waals surface area contributed by atoms with E-state index in [1.54, 1.807) is 29.8 Å². The van der Waals surface area contributed by atoms with E-state index in [2.05, 4.69) is 35.0 Å². The molecule has 1 aliphatic heterocycles. The molecule has 2 unspecified atom stereocenters. The minimum atomic E-state index is -0.583. The van der Waals surface area contributed by atoms with E-state index >= 15 is 0 Å². The van der Waals surface area contributed by atoms with E-state index in [0.29, 0.717) is 17.0 Å². The third-order valence-corrected chi connectivity index (χ3v) is 6.68. The van der Waals surface area contributed by atoms with Crippen LogP contribution in [0.1, 0.15) is 48.2 Å². The Morgan fingerprint density at radius 3 is 2.69 bits per heavy atom. The molecule has 2 aliphatic rings. The first kappa shape index (κ1) is 20.5. The van der Waals surface area contributed by atoms with Crippen LogP contribution in [0.2, 0.25) is 0 Å². The molecule has 1 saturated carbocycles. The Labute approximate surface area is 186 Å². The SMILES string of the molecule is CC1CN(c2cc(=O)n(C)c3ccc(C(N)=O)nc23)CCC1Oc1cccc(C2CC2)c1. The predicted octanol–water partition coefficient (Wildman–Crippen LogP) is 3.20. The van der Waals surface area contributed by atoms with Crippen LogP contribution in [0.15, 0.2) is 47.3 Å². The predicted molar refractivity (Wildman–Crippen MR) is 124 cm³/mol. The maximum atomic E-state index is 12.6. The van der Waals surface area contributed by atoms with Gasteiger partial charge in [-0.2, -0.15) is 0 Å². The van der Waals surface area contributed by atoms with Gasteiger partial charge in [-0.25, -0.2) is 4.98 Å². The van der Waals surface area contributed by atoms with Crippen LogP contribution >= 0.6 is 0 Å². The molecule has 1 aromatic carbocycles. The van der Waals surface area contributed by atoms with Crippen LogP contribution in [0.5, 0.6) is 5.75 Å². The smallest absolute Gasteiger partial charge is 0.267 e. The second kappa shape index (κ2) is 7.97. The summed E-state index contributed by atoms with van der Waals surface area (Å²) in [5.74, 6) is 1.31. The van der Waals surface area contributed by atoms with Crippen LogP contribution in [0.4, 0.5) is 5.69 Å². The van der Waals surface area contributed by atoms with Gasteiger partial charge < -0.3 is 19.9 Å². The number of nitrogens with zero attached hydrogens (tertiary/aromatic N) is 3. The molecule has 7 heteroatoms. The molecule has 1 amide bonds. The number of nitrogens with two attached hydrogens (primary N) is 1. The van der Waals surface area contributed by atoms with Gasteiger partial charge in [-0.15, -0.1) is 0 Å². The number of anilines is 1. The number of fused-ring (bicyclic) bond motifs is 1. The lowest BCUT2D eigenvalue weighted by Crippen LogP contribution is -2.45. The second-order valence-electron chi connectivity index (χ2n) is 9.07. The number of rotatable bonds is 5. The van der Waals surface area contributed by atoms with Crippen molar-refractivity contribution in [1.29, 1.82) is 0 Å². The number of carbonyl (C=O) groups excluding carboxylic acids is 1. The van der Waals surface area contributed by atoms with E-state index in [1.807, 2.05) is 6.07 Å². The molecule has 5 rings (SSSR count). The molecular weight excluding hydrogens is 404 g/mol. The van der Waals surface area contributed by atoms with E-state index in [0.717, 1.165) is 30.9 Å². The molecule has 2 N–H and O–H groups in total. The van der Waals surface area contributed by atoms with E-state index in [-0.39, 0.29) is 23.3 Å². The number of ether oxygens (including phenoxy) is 1. The Kier molecular flexibility index (Phi) is 5.12. The quantitative estimate of drug-likeness (QED) is 0.669. The van der Waals surface area contributed by atoms with Gasteiger partial charge in [0.2, 0.25) is 0 Å². The summed E-state index contributed by atoms with van der Waals surface area (Å²) < 4.78 is 7.93. The van der Waals surface area contributed by atoms with Gasteiger partial charge in [0.1, 0.15) is 23.1 Å². The fourth-order valence-corrected chi connectivity index (χ4v) is 4.64. The zero-order valence-corrected chi connectivity index (χ0v) is 18.5. The molecule has 3 aromatic rings. The number of piperidine rings is 1. The number of aromatic nitrogens is 2. The molecule has 3 heterocycles. The van der Waals surface area contributed by atoms with E-state index in [1.165, 1.54) is 18.4 Å². The second-order valence-corrected chi connectivity index (χ2v) is 9.07. The molecule has 0 radical (unpaired) electrons. The highest BCUT2D eigenvalue weighted by atomic mass is 16.5. The first-order chi connectivity index (χ1) is 15.4. The summed E-state index contributed by atoms with van der Waals surface area (Å²) in [5, 5.41) is 0. The summed E-state index contributed by atoms with van der Waals surface area (Å²) in [5.41, 5.74) is 8.95. The Balaban J connectivity index is 1.39. The molecule has 2 fully saturated rings. The molecule has 32 heavy (non-hydrogen) atoms. The van der Waals surface area contributed by atoms with Crippen molar-refractivity contribution in [2.24, 2.45) is 18.7 Å². The molecular formula is C25H28N4O3. The molecule has 2 atom stereocenters. The number of hydrogen-bond donors (Lipinski definition) is 1. The van der Waals surface area contributed by atoms with Crippen LogP contribution in [-0.2, 0) is 7.05 Å². The maximum absolute atomic E-state index is 12.6. The van der Waals surface area contributed by atoms with Crippen molar-refractivity contribution >= 4 is 22.6 Å². The van der Waals surface area contributed by atoms with Gasteiger partial charge in [-0.05, 0) is 48.6 Å². The molecule has 2 aromatic heterocycles. The first-order valence-electron chi connectivity index (χ1n) is 11.2. The number of amides is 1. The fourth-order valence-electron chi connectivity index (χ4n) is 4.64. The van der Waals surface area contributed by atoms with Gasteiger partial charge in [0.25, 0.3) is 11.5 Å². The third-order valence-electron chi connectivity index (χ3n) is 6.68. The van der Waals surface area contributed by atoms with Crippen molar-refractivity contribution in [3.05, 3.63) is 64.1 Å². The number of hydrogen-bond acceptors (Lipinski definition) is 5. The summed E-state index contributed by atoms with van der Waals surface area (Å²) in [6.45, 7) is 3.65. The summed E-state index contributed by atoms with van der Waals surface area (Å²) in [4.78, 5) is 30.9. The number of benzene rings is 1. The molecule has 0 spiro atoms. The highest BCUT2D eigenvalue weighted by Gasteiger charge is 2.30. The van der Waals surface area contributed by atoms with Gasteiger partial charge in [0, 0.05) is 38.5 Å². The number of pyridine rings is 2.